The van der Waals surface area contributed by atoms with Gasteiger partial charge in [-0.05, 0) is 49.6 Å². The van der Waals surface area contributed by atoms with Gasteiger partial charge in [0.15, 0.2) is 5.69 Å². The number of fused-ring (bicyclic) bond motifs is 1. The van der Waals surface area contributed by atoms with E-state index in [0.717, 1.165) is 22.0 Å². The Hall–Kier alpha value is -3.87. The molecule has 0 unspecified atom stereocenters. The van der Waals surface area contributed by atoms with E-state index in [2.05, 4.69) is 22.5 Å². The number of nitrogens with zero attached hydrogens (tertiary/aromatic N) is 4. The van der Waals surface area contributed by atoms with Gasteiger partial charge in [-0.2, -0.15) is 5.10 Å². The highest BCUT2D eigenvalue weighted by atomic mass is 16.2. The summed E-state index contributed by atoms with van der Waals surface area (Å²) >= 11 is 0. The van der Waals surface area contributed by atoms with E-state index >= 15 is 0 Å². The summed E-state index contributed by atoms with van der Waals surface area (Å²) in [5.41, 5.74) is 4.22. The predicted molar refractivity (Wildman–Crippen MR) is 134 cm³/mol. The van der Waals surface area contributed by atoms with Gasteiger partial charge in [0.25, 0.3) is 11.8 Å². The van der Waals surface area contributed by atoms with E-state index in [0.29, 0.717) is 30.8 Å². The fourth-order valence-corrected chi connectivity index (χ4v) is 4.33. The van der Waals surface area contributed by atoms with Crippen LogP contribution in [0.1, 0.15) is 38.5 Å². The standard InChI is InChI=1S/C27H31N5O2/c1-19-12-13-23-22(17-19)25(29-32(23)4)27(34)31(3)21(18-20-9-6-5-7-10-20)14-15-28-26(33)24-11-8-16-30(24)2/h5-13,16-17,21H,14-15,18H2,1-4H3,(H,28,33)/t21-/m1/s1. The zero-order valence-corrected chi connectivity index (χ0v) is 20.2. The summed E-state index contributed by atoms with van der Waals surface area (Å²) < 4.78 is 3.54. The van der Waals surface area contributed by atoms with Crippen molar-refractivity contribution in [3.8, 4) is 0 Å². The van der Waals surface area contributed by atoms with Gasteiger partial charge in [-0.15, -0.1) is 0 Å². The van der Waals surface area contributed by atoms with Crippen molar-refractivity contribution >= 4 is 22.7 Å². The maximum Gasteiger partial charge on any atom is 0.275 e. The first-order valence-corrected chi connectivity index (χ1v) is 11.5. The van der Waals surface area contributed by atoms with Crippen LogP contribution in [-0.4, -0.2) is 50.7 Å². The van der Waals surface area contributed by atoms with Crippen molar-refractivity contribution in [2.45, 2.75) is 25.8 Å². The molecule has 0 aliphatic carbocycles. The molecular weight excluding hydrogens is 426 g/mol. The fraction of sp³-hybridized carbons (Fsp3) is 0.296. The van der Waals surface area contributed by atoms with E-state index in [1.165, 1.54) is 0 Å². The zero-order chi connectivity index (χ0) is 24.2. The molecule has 0 aliphatic rings. The Labute approximate surface area is 200 Å². The van der Waals surface area contributed by atoms with Crippen molar-refractivity contribution in [2.24, 2.45) is 14.1 Å². The average Bonchev–Trinajstić information content (AvgIpc) is 3.40. The van der Waals surface area contributed by atoms with E-state index in [-0.39, 0.29) is 17.9 Å². The smallest absolute Gasteiger partial charge is 0.275 e. The number of aromatic nitrogens is 3. The van der Waals surface area contributed by atoms with E-state index in [1.807, 2.05) is 76.7 Å². The minimum absolute atomic E-state index is 0.106. The summed E-state index contributed by atoms with van der Waals surface area (Å²) in [6.07, 6.45) is 3.16. The highest BCUT2D eigenvalue weighted by Gasteiger charge is 2.26. The molecule has 0 saturated carbocycles. The molecule has 2 aromatic heterocycles. The molecule has 0 saturated heterocycles. The van der Waals surface area contributed by atoms with Crippen LogP contribution in [0.4, 0.5) is 0 Å². The van der Waals surface area contributed by atoms with E-state index < -0.39 is 0 Å². The molecular formula is C27H31N5O2. The fourth-order valence-electron chi connectivity index (χ4n) is 4.33. The summed E-state index contributed by atoms with van der Waals surface area (Å²) in [5, 5.41) is 8.40. The SMILES string of the molecule is Cc1ccc2c(c1)c(C(=O)N(C)[C@H](CCNC(=O)c1cccn1C)Cc1ccccc1)nn2C. The van der Waals surface area contributed by atoms with Crippen LogP contribution < -0.4 is 5.32 Å². The Bertz CT molecular complexity index is 1310. The molecule has 0 fully saturated rings. The first-order valence-electron chi connectivity index (χ1n) is 11.5. The second-order valence-electron chi connectivity index (χ2n) is 8.80. The first-order chi connectivity index (χ1) is 16.3. The maximum atomic E-state index is 13.6. The summed E-state index contributed by atoms with van der Waals surface area (Å²) in [6, 6.07) is 19.7. The van der Waals surface area contributed by atoms with Crippen molar-refractivity contribution in [3.63, 3.8) is 0 Å². The molecule has 7 nitrogen and oxygen atoms in total. The van der Waals surface area contributed by atoms with Crippen LogP contribution in [0.3, 0.4) is 0 Å². The molecule has 4 aromatic rings. The Balaban J connectivity index is 1.54. The van der Waals surface area contributed by atoms with Gasteiger partial charge in [0, 0.05) is 45.3 Å². The lowest BCUT2D eigenvalue weighted by atomic mass is 10.0. The number of amides is 2. The quantitative estimate of drug-likeness (QED) is 0.438. The average molecular weight is 458 g/mol. The molecule has 0 spiro atoms. The van der Waals surface area contributed by atoms with E-state index in [9.17, 15) is 9.59 Å². The van der Waals surface area contributed by atoms with Gasteiger partial charge < -0.3 is 14.8 Å². The highest BCUT2D eigenvalue weighted by molar-refractivity contribution is 6.05. The lowest BCUT2D eigenvalue weighted by Gasteiger charge is -2.28. The number of rotatable bonds is 8. The summed E-state index contributed by atoms with van der Waals surface area (Å²) in [5.74, 6) is -0.239. The number of hydrogen-bond donors (Lipinski definition) is 1. The Morgan fingerprint density at radius 3 is 2.53 bits per heavy atom. The van der Waals surface area contributed by atoms with Crippen molar-refractivity contribution in [2.75, 3.05) is 13.6 Å². The van der Waals surface area contributed by atoms with Gasteiger partial charge >= 0.3 is 0 Å². The number of aryl methyl sites for hydroxylation is 3. The second-order valence-corrected chi connectivity index (χ2v) is 8.80. The van der Waals surface area contributed by atoms with E-state index in [1.54, 1.807) is 20.2 Å². The lowest BCUT2D eigenvalue weighted by molar-refractivity contribution is 0.0718. The number of likely N-dealkylation sites (N-methyl/N-ethyl adjacent to an activating group) is 1. The van der Waals surface area contributed by atoms with Crippen molar-refractivity contribution in [1.29, 1.82) is 0 Å². The summed E-state index contributed by atoms with van der Waals surface area (Å²) in [6.45, 7) is 2.47. The Morgan fingerprint density at radius 1 is 1.06 bits per heavy atom. The van der Waals surface area contributed by atoms with Crippen LogP contribution in [0.5, 0.6) is 0 Å². The van der Waals surface area contributed by atoms with Gasteiger partial charge in [0.1, 0.15) is 5.69 Å². The number of carbonyl (C=O) groups is 2. The van der Waals surface area contributed by atoms with Gasteiger partial charge in [0.05, 0.1) is 5.52 Å². The normalized spacial score (nSPS) is 12.0. The molecule has 0 radical (unpaired) electrons. The molecule has 0 aliphatic heterocycles. The number of hydrogen-bond acceptors (Lipinski definition) is 3. The number of benzene rings is 2. The van der Waals surface area contributed by atoms with Gasteiger partial charge in [-0.1, -0.05) is 42.0 Å². The lowest BCUT2D eigenvalue weighted by Crippen LogP contribution is -2.41. The van der Waals surface area contributed by atoms with Crippen molar-refractivity contribution in [3.05, 3.63) is 89.4 Å². The van der Waals surface area contributed by atoms with Crippen molar-refractivity contribution < 1.29 is 9.59 Å². The van der Waals surface area contributed by atoms with E-state index in [4.69, 9.17) is 0 Å². The first kappa shape index (κ1) is 23.3. The monoisotopic (exact) mass is 457 g/mol. The zero-order valence-electron chi connectivity index (χ0n) is 20.2. The molecule has 2 amide bonds. The minimum Gasteiger partial charge on any atom is -0.351 e. The van der Waals surface area contributed by atoms with Crippen molar-refractivity contribution in [1.82, 2.24) is 24.6 Å². The highest BCUT2D eigenvalue weighted by Crippen LogP contribution is 2.22. The molecule has 34 heavy (non-hydrogen) atoms. The van der Waals surface area contributed by atoms with Gasteiger partial charge in [-0.25, -0.2) is 0 Å². The molecule has 0 bridgehead atoms. The van der Waals surface area contributed by atoms with Gasteiger partial charge in [-0.3, -0.25) is 14.3 Å². The largest absolute Gasteiger partial charge is 0.351 e. The Kier molecular flexibility index (Phi) is 6.82. The third-order valence-corrected chi connectivity index (χ3v) is 6.33. The third kappa shape index (κ3) is 4.88. The maximum absolute atomic E-state index is 13.6. The van der Waals surface area contributed by atoms with Gasteiger partial charge in [0.2, 0.25) is 0 Å². The molecule has 2 heterocycles. The van der Waals surface area contributed by atoms with Crippen LogP contribution in [-0.2, 0) is 20.5 Å². The molecule has 4 rings (SSSR count). The molecule has 1 N–H and O–H groups in total. The predicted octanol–water partition coefficient (Wildman–Crippen LogP) is 3.72. The third-order valence-electron chi connectivity index (χ3n) is 6.33. The number of nitrogens with one attached hydrogen (secondary N) is 1. The van der Waals surface area contributed by atoms with Crippen LogP contribution in [0.25, 0.3) is 10.9 Å². The van der Waals surface area contributed by atoms with Crippen LogP contribution in [0.2, 0.25) is 0 Å². The molecule has 176 valence electrons. The molecule has 1 atom stereocenters. The molecule has 7 heteroatoms. The van der Waals surface area contributed by atoms with Crippen LogP contribution in [0.15, 0.2) is 66.9 Å². The minimum atomic E-state index is -0.120. The second kappa shape index (κ2) is 9.95. The molecule has 2 aromatic carbocycles. The summed E-state index contributed by atoms with van der Waals surface area (Å²) in [7, 11) is 5.53. The number of carbonyl (C=O) groups excluding carboxylic acids is 2. The Morgan fingerprint density at radius 2 is 1.82 bits per heavy atom. The summed E-state index contributed by atoms with van der Waals surface area (Å²) in [4.78, 5) is 27.9. The van der Waals surface area contributed by atoms with Crippen LogP contribution >= 0.6 is 0 Å². The van der Waals surface area contributed by atoms with Crippen LogP contribution in [0, 0.1) is 6.92 Å². The topological polar surface area (TPSA) is 72.2 Å².